The largest absolute Gasteiger partial charge is 0.484 e. The molecule has 7 nitrogen and oxygen atoms in total. The van der Waals surface area contributed by atoms with Gasteiger partial charge in [-0.25, -0.2) is 9.40 Å². The molecule has 33 heavy (non-hydrogen) atoms. The van der Waals surface area contributed by atoms with Crippen molar-refractivity contribution in [1.82, 2.24) is 15.8 Å². The summed E-state index contributed by atoms with van der Waals surface area (Å²) in [6.45, 7) is 1.57. The van der Waals surface area contributed by atoms with Crippen molar-refractivity contribution in [1.29, 1.82) is 0 Å². The van der Waals surface area contributed by atoms with E-state index in [9.17, 15) is 14.0 Å². The van der Waals surface area contributed by atoms with Gasteiger partial charge < -0.3 is 14.5 Å². The molecule has 1 aromatic heterocycles. The van der Waals surface area contributed by atoms with Crippen LogP contribution in [0.5, 0.6) is 5.75 Å². The smallest absolute Gasteiger partial charge is 0.287 e. The number of rotatable bonds is 7. The highest BCUT2D eigenvalue weighted by Crippen LogP contribution is 2.23. The van der Waals surface area contributed by atoms with Gasteiger partial charge in [0.25, 0.3) is 11.8 Å². The Morgan fingerprint density at radius 2 is 1.91 bits per heavy atom. The monoisotopic (exact) mass is 493 g/mol. The van der Waals surface area contributed by atoms with Crippen LogP contribution in [-0.4, -0.2) is 43.1 Å². The molecule has 1 aliphatic heterocycles. The number of amides is 2. The molecule has 2 heterocycles. The lowest BCUT2D eigenvalue weighted by Gasteiger charge is -2.31. The summed E-state index contributed by atoms with van der Waals surface area (Å²) < 4.78 is 24.3. The molecule has 1 saturated heterocycles. The maximum absolute atomic E-state index is 13.4. The van der Waals surface area contributed by atoms with Gasteiger partial charge in [-0.2, -0.15) is 0 Å². The van der Waals surface area contributed by atoms with E-state index in [0.717, 1.165) is 24.3 Å². The molecule has 0 atom stereocenters. The van der Waals surface area contributed by atoms with Crippen molar-refractivity contribution in [2.45, 2.75) is 12.8 Å². The summed E-state index contributed by atoms with van der Waals surface area (Å²) in [6.07, 6.45) is 1.61. The zero-order valence-electron chi connectivity index (χ0n) is 17.6. The molecule has 0 radical (unpaired) electrons. The highest BCUT2D eigenvalue weighted by atomic mass is 35.5. The molecule has 0 bridgehead atoms. The van der Waals surface area contributed by atoms with E-state index < -0.39 is 5.82 Å². The third-order valence-corrected chi connectivity index (χ3v) is 5.95. The highest BCUT2D eigenvalue weighted by molar-refractivity contribution is 6.31. The molecule has 0 aliphatic carbocycles. The Balaban J connectivity index is 1.17. The standard InChI is InChI=1S/C23H22Cl2FN3O4/c24-16-1-4-20-15(9-16)10-21(33-20)23(31)27-12-14-5-7-29(8-6-14)28-22(30)13-32-17-2-3-18(25)19(26)11-17/h1-4,9-11,14H,5-8,12-13H2,(H,27,31)(H,28,30). The fourth-order valence-electron chi connectivity index (χ4n) is 3.62. The van der Waals surface area contributed by atoms with E-state index in [0.29, 0.717) is 30.2 Å². The first-order valence-electron chi connectivity index (χ1n) is 10.5. The van der Waals surface area contributed by atoms with Gasteiger partial charge in [0.15, 0.2) is 12.4 Å². The number of piperidine rings is 1. The van der Waals surface area contributed by atoms with Crippen LogP contribution in [-0.2, 0) is 4.79 Å². The Labute approximate surface area is 199 Å². The number of nitrogens with zero attached hydrogens (tertiary/aromatic N) is 1. The van der Waals surface area contributed by atoms with Crippen LogP contribution in [0.3, 0.4) is 0 Å². The molecule has 174 valence electrons. The number of carbonyl (C=O) groups is 2. The molecule has 2 N–H and O–H groups in total. The van der Waals surface area contributed by atoms with Crippen molar-refractivity contribution >= 4 is 46.0 Å². The van der Waals surface area contributed by atoms with E-state index in [2.05, 4.69) is 10.7 Å². The molecule has 0 saturated carbocycles. The Morgan fingerprint density at radius 3 is 2.67 bits per heavy atom. The number of hydrogen-bond acceptors (Lipinski definition) is 5. The Morgan fingerprint density at radius 1 is 1.12 bits per heavy atom. The molecule has 3 aromatic rings. The molecule has 0 unspecified atom stereocenters. The minimum Gasteiger partial charge on any atom is -0.484 e. The van der Waals surface area contributed by atoms with Gasteiger partial charge in [-0.1, -0.05) is 23.2 Å². The number of benzene rings is 2. The average Bonchev–Trinajstić information content (AvgIpc) is 3.22. The Hall–Kier alpha value is -2.81. The van der Waals surface area contributed by atoms with Crippen LogP contribution in [0.25, 0.3) is 11.0 Å². The Bertz CT molecular complexity index is 1160. The number of ether oxygens (including phenoxy) is 1. The van der Waals surface area contributed by atoms with Gasteiger partial charge in [0.2, 0.25) is 0 Å². The average molecular weight is 494 g/mol. The summed E-state index contributed by atoms with van der Waals surface area (Å²) in [6, 6.07) is 10.9. The van der Waals surface area contributed by atoms with Gasteiger partial charge in [-0.3, -0.25) is 15.0 Å². The zero-order chi connectivity index (χ0) is 23.4. The number of hydrogen-bond donors (Lipinski definition) is 2. The number of furan rings is 1. The molecule has 10 heteroatoms. The van der Waals surface area contributed by atoms with Crippen molar-refractivity contribution in [3.8, 4) is 5.75 Å². The van der Waals surface area contributed by atoms with Gasteiger partial charge in [-0.15, -0.1) is 0 Å². The summed E-state index contributed by atoms with van der Waals surface area (Å²) in [4.78, 5) is 24.5. The van der Waals surface area contributed by atoms with E-state index >= 15 is 0 Å². The van der Waals surface area contributed by atoms with E-state index in [1.165, 1.54) is 12.1 Å². The number of fused-ring (bicyclic) bond motifs is 1. The summed E-state index contributed by atoms with van der Waals surface area (Å²) in [7, 11) is 0. The predicted molar refractivity (Wildman–Crippen MR) is 123 cm³/mol. The third-order valence-electron chi connectivity index (χ3n) is 5.41. The maximum Gasteiger partial charge on any atom is 0.287 e. The second-order valence-corrected chi connectivity index (χ2v) is 8.68. The number of carbonyl (C=O) groups excluding carboxylic acids is 2. The van der Waals surface area contributed by atoms with E-state index in [1.807, 2.05) is 5.01 Å². The van der Waals surface area contributed by atoms with Crippen LogP contribution >= 0.6 is 23.2 Å². The molecule has 1 fully saturated rings. The highest BCUT2D eigenvalue weighted by Gasteiger charge is 2.22. The van der Waals surface area contributed by atoms with Crippen molar-refractivity contribution in [3.05, 3.63) is 64.1 Å². The number of halogens is 3. The van der Waals surface area contributed by atoms with Crippen LogP contribution in [0.15, 0.2) is 46.9 Å². The number of nitrogens with one attached hydrogen (secondary N) is 2. The molecular weight excluding hydrogens is 472 g/mol. The van der Waals surface area contributed by atoms with Crippen LogP contribution in [0.1, 0.15) is 23.4 Å². The second kappa shape index (κ2) is 10.4. The fourth-order valence-corrected chi connectivity index (χ4v) is 3.92. The van der Waals surface area contributed by atoms with Crippen LogP contribution in [0.4, 0.5) is 4.39 Å². The Kier molecular flexibility index (Phi) is 7.37. The quantitative estimate of drug-likeness (QED) is 0.508. The van der Waals surface area contributed by atoms with Crippen LogP contribution in [0, 0.1) is 11.7 Å². The first-order valence-corrected chi connectivity index (χ1v) is 11.2. The normalized spacial score (nSPS) is 14.9. The first-order chi connectivity index (χ1) is 15.9. The summed E-state index contributed by atoms with van der Waals surface area (Å²) >= 11 is 11.6. The molecule has 2 amide bonds. The fraction of sp³-hybridized carbons (Fsp3) is 0.304. The van der Waals surface area contributed by atoms with Crippen molar-refractivity contribution < 1.29 is 23.1 Å². The lowest BCUT2D eigenvalue weighted by atomic mass is 9.98. The van der Waals surface area contributed by atoms with E-state index in [4.69, 9.17) is 32.4 Å². The van der Waals surface area contributed by atoms with Gasteiger partial charge in [-0.05, 0) is 55.2 Å². The molecule has 4 rings (SSSR count). The molecule has 0 spiro atoms. The van der Waals surface area contributed by atoms with Crippen molar-refractivity contribution in [3.63, 3.8) is 0 Å². The summed E-state index contributed by atoms with van der Waals surface area (Å²) in [5.41, 5.74) is 3.39. The zero-order valence-corrected chi connectivity index (χ0v) is 19.1. The van der Waals surface area contributed by atoms with E-state index in [1.54, 1.807) is 24.3 Å². The minimum absolute atomic E-state index is 0.00614. The molecule has 2 aromatic carbocycles. The minimum atomic E-state index is -0.603. The van der Waals surface area contributed by atoms with Crippen LogP contribution < -0.4 is 15.5 Å². The second-order valence-electron chi connectivity index (χ2n) is 7.83. The SMILES string of the molecule is O=C(COc1ccc(Cl)c(F)c1)NN1CCC(CNC(=O)c2cc3cc(Cl)ccc3o2)CC1. The van der Waals surface area contributed by atoms with Gasteiger partial charge >= 0.3 is 0 Å². The third kappa shape index (κ3) is 6.16. The van der Waals surface area contributed by atoms with Crippen LogP contribution in [0.2, 0.25) is 10.0 Å². The summed E-state index contributed by atoms with van der Waals surface area (Å²) in [5.74, 6) is -0.440. The van der Waals surface area contributed by atoms with Gasteiger partial charge in [0, 0.05) is 36.1 Å². The lowest BCUT2D eigenvalue weighted by Crippen LogP contribution is -2.49. The topological polar surface area (TPSA) is 83.8 Å². The number of hydrazine groups is 1. The van der Waals surface area contributed by atoms with Crippen molar-refractivity contribution in [2.75, 3.05) is 26.2 Å². The summed E-state index contributed by atoms with van der Waals surface area (Å²) in [5, 5.41) is 6.09. The van der Waals surface area contributed by atoms with E-state index in [-0.39, 0.29) is 40.9 Å². The molecule has 1 aliphatic rings. The molecular formula is C23H22Cl2FN3O4. The maximum atomic E-state index is 13.4. The van der Waals surface area contributed by atoms with Gasteiger partial charge in [0.05, 0.1) is 5.02 Å². The van der Waals surface area contributed by atoms with Crippen molar-refractivity contribution in [2.24, 2.45) is 5.92 Å². The first kappa shape index (κ1) is 23.4. The predicted octanol–water partition coefficient (Wildman–Crippen LogP) is 4.43. The van der Waals surface area contributed by atoms with Gasteiger partial charge in [0.1, 0.15) is 17.1 Å². The lowest BCUT2D eigenvalue weighted by molar-refractivity contribution is -0.128.